The third-order valence-electron chi connectivity index (χ3n) is 4.58. The van der Waals surface area contributed by atoms with Crippen molar-refractivity contribution < 1.29 is 19.2 Å². The van der Waals surface area contributed by atoms with Crippen LogP contribution in [-0.4, -0.2) is 47.5 Å². The molecule has 0 atom stereocenters. The van der Waals surface area contributed by atoms with Crippen molar-refractivity contribution in [3.05, 3.63) is 74.1 Å². The fourth-order valence-electron chi connectivity index (χ4n) is 2.91. The second kappa shape index (κ2) is 10.7. The Labute approximate surface area is 199 Å². The molecule has 1 heterocycles. The second-order valence-electron chi connectivity index (χ2n) is 6.85. The quantitative estimate of drug-likeness (QED) is 0.572. The zero-order chi connectivity index (χ0) is 23.3. The lowest BCUT2D eigenvalue weighted by Crippen LogP contribution is -2.41. The molecule has 0 spiro atoms. The van der Waals surface area contributed by atoms with Gasteiger partial charge in [-0.1, -0.05) is 47.5 Å². The van der Waals surface area contributed by atoms with Crippen molar-refractivity contribution in [1.82, 2.24) is 15.5 Å². The molecule has 0 aliphatic carbocycles. The molecule has 7 nitrogen and oxygen atoms in total. The van der Waals surface area contributed by atoms with Crippen LogP contribution in [0.3, 0.4) is 0 Å². The fraction of sp³-hybridized carbons (Fsp3) is 0.182. The van der Waals surface area contributed by atoms with E-state index in [1.54, 1.807) is 43.3 Å². The van der Waals surface area contributed by atoms with Crippen LogP contribution < -0.4 is 10.6 Å². The Balaban J connectivity index is 1.49. The van der Waals surface area contributed by atoms with E-state index in [1.807, 2.05) is 6.07 Å². The highest BCUT2D eigenvalue weighted by Gasteiger charge is 2.34. The average Bonchev–Trinajstić information content (AvgIpc) is 3.01. The summed E-state index contributed by atoms with van der Waals surface area (Å²) in [5, 5.41) is 5.53. The molecule has 0 bridgehead atoms. The number of carbonyl (C=O) groups excluding carboxylic acids is 4. The largest absolute Gasteiger partial charge is 0.353 e. The lowest BCUT2D eigenvalue weighted by Gasteiger charge is -2.13. The monoisotopic (exact) mass is 491 g/mol. The van der Waals surface area contributed by atoms with Gasteiger partial charge in [-0.2, -0.15) is 0 Å². The number of nitrogens with zero attached hydrogens (tertiary/aromatic N) is 1. The highest BCUT2D eigenvalue weighted by Crippen LogP contribution is 2.33. The first-order chi connectivity index (χ1) is 15.3. The molecule has 2 aromatic rings. The molecule has 1 aliphatic heterocycles. The number of halogens is 2. The standard InChI is InChI=1S/C22H19Cl2N3O4S/c1-13-4-2-3-5-16(13)20(29)26-12-19(28)25-8-9-27-21(30)18(32-22(27)31)10-14-6-7-15(23)11-17(14)24/h2-7,10-11H,8-9,12H2,1H3,(H,25,28)(H,26,29)/b18-10-. The van der Waals surface area contributed by atoms with Gasteiger partial charge in [-0.15, -0.1) is 0 Å². The van der Waals surface area contributed by atoms with E-state index in [9.17, 15) is 19.2 Å². The molecule has 1 saturated heterocycles. The Hall–Kier alpha value is -2.81. The topological polar surface area (TPSA) is 95.6 Å². The second-order valence-corrected chi connectivity index (χ2v) is 8.68. The van der Waals surface area contributed by atoms with E-state index >= 15 is 0 Å². The summed E-state index contributed by atoms with van der Waals surface area (Å²) in [5.74, 6) is -1.24. The number of hydrogen-bond donors (Lipinski definition) is 2. The SMILES string of the molecule is Cc1ccccc1C(=O)NCC(=O)NCCN1C(=O)S/C(=C\c2ccc(Cl)cc2Cl)C1=O. The van der Waals surface area contributed by atoms with Gasteiger partial charge in [0, 0.05) is 28.7 Å². The molecular weight excluding hydrogens is 473 g/mol. The number of carbonyl (C=O) groups is 4. The molecule has 0 saturated carbocycles. The summed E-state index contributed by atoms with van der Waals surface area (Å²) in [5.41, 5.74) is 1.86. The molecule has 10 heteroatoms. The summed E-state index contributed by atoms with van der Waals surface area (Å²) < 4.78 is 0. The van der Waals surface area contributed by atoms with Crippen molar-refractivity contribution in [2.24, 2.45) is 0 Å². The van der Waals surface area contributed by atoms with Crippen molar-refractivity contribution in [2.75, 3.05) is 19.6 Å². The van der Waals surface area contributed by atoms with E-state index < -0.39 is 17.1 Å². The minimum Gasteiger partial charge on any atom is -0.353 e. The van der Waals surface area contributed by atoms with E-state index in [2.05, 4.69) is 10.6 Å². The molecule has 0 aromatic heterocycles. The van der Waals surface area contributed by atoms with Crippen LogP contribution in [0.5, 0.6) is 0 Å². The Bertz CT molecular complexity index is 1120. The Morgan fingerprint density at radius 3 is 2.56 bits per heavy atom. The highest BCUT2D eigenvalue weighted by molar-refractivity contribution is 8.18. The van der Waals surface area contributed by atoms with Crippen LogP contribution in [0, 0.1) is 6.92 Å². The highest BCUT2D eigenvalue weighted by atomic mass is 35.5. The molecule has 0 unspecified atom stereocenters. The van der Waals surface area contributed by atoms with E-state index in [0.29, 0.717) is 21.2 Å². The van der Waals surface area contributed by atoms with E-state index in [1.165, 1.54) is 6.08 Å². The minimum atomic E-state index is -0.465. The van der Waals surface area contributed by atoms with Crippen molar-refractivity contribution in [1.29, 1.82) is 0 Å². The van der Waals surface area contributed by atoms with Gasteiger partial charge in [0.1, 0.15) is 0 Å². The zero-order valence-electron chi connectivity index (χ0n) is 17.0. The number of rotatable bonds is 7. The number of imide groups is 1. The number of aryl methyl sites for hydroxylation is 1. The molecule has 1 aliphatic rings. The third-order valence-corrected chi connectivity index (χ3v) is 6.05. The van der Waals surface area contributed by atoms with Crippen molar-refractivity contribution in [3.63, 3.8) is 0 Å². The maximum Gasteiger partial charge on any atom is 0.293 e. The van der Waals surface area contributed by atoms with E-state index in [4.69, 9.17) is 23.2 Å². The Kier molecular flexibility index (Phi) is 7.95. The van der Waals surface area contributed by atoms with Gasteiger partial charge in [0.05, 0.1) is 11.4 Å². The lowest BCUT2D eigenvalue weighted by molar-refractivity contribution is -0.124. The van der Waals surface area contributed by atoms with Gasteiger partial charge in [-0.25, -0.2) is 0 Å². The van der Waals surface area contributed by atoms with Gasteiger partial charge < -0.3 is 10.6 Å². The van der Waals surface area contributed by atoms with Gasteiger partial charge in [-0.3, -0.25) is 24.1 Å². The summed E-state index contributed by atoms with van der Waals surface area (Å²) in [7, 11) is 0. The fourth-order valence-corrected chi connectivity index (χ4v) is 4.22. The molecule has 0 radical (unpaired) electrons. The van der Waals surface area contributed by atoms with E-state index in [0.717, 1.165) is 22.2 Å². The number of hydrogen-bond acceptors (Lipinski definition) is 5. The predicted molar refractivity (Wildman–Crippen MR) is 126 cm³/mol. The maximum atomic E-state index is 12.6. The smallest absolute Gasteiger partial charge is 0.293 e. The van der Waals surface area contributed by atoms with Crippen LogP contribution in [0.1, 0.15) is 21.5 Å². The lowest BCUT2D eigenvalue weighted by atomic mass is 10.1. The first kappa shape index (κ1) is 23.8. The number of benzene rings is 2. The van der Waals surface area contributed by atoms with Gasteiger partial charge in [0.2, 0.25) is 5.91 Å². The van der Waals surface area contributed by atoms with E-state index in [-0.39, 0.29) is 30.4 Å². The van der Waals surface area contributed by atoms with Crippen LogP contribution in [-0.2, 0) is 9.59 Å². The van der Waals surface area contributed by atoms with Crippen molar-refractivity contribution in [3.8, 4) is 0 Å². The van der Waals surface area contributed by atoms with Crippen LogP contribution in [0.25, 0.3) is 6.08 Å². The van der Waals surface area contributed by atoms with Gasteiger partial charge in [0.15, 0.2) is 0 Å². The number of thioether (sulfide) groups is 1. The minimum absolute atomic E-state index is 0.00777. The van der Waals surface area contributed by atoms with Crippen molar-refractivity contribution in [2.45, 2.75) is 6.92 Å². The summed E-state index contributed by atoms with van der Waals surface area (Å²) in [4.78, 5) is 50.2. The van der Waals surface area contributed by atoms with Crippen LogP contribution >= 0.6 is 35.0 Å². The molecule has 3 rings (SSSR count). The van der Waals surface area contributed by atoms with Crippen LogP contribution in [0.4, 0.5) is 4.79 Å². The molecule has 4 amide bonds. The summed E-state index contributed by atoms with van der Waals surface area (Å²) in [6, 6.07) is 11.9. The average molecular weight is 492 g/mol. The summed E-state index contributed by atoms with van der Waals surface area (Å²) >= 11 is 12.8. The molecule has 2 aromatic carbocycles. The predicted octanol–water partition coefficient (Wildman–Crippen LogP) is 3.88. The number of amides is 4. The Morgan fingerprint density at radius 1 is 1.09 bits per heavy atom. The van der Waals surface area contributed by atoms with Crippen LogP contribution in [0.15, 0.2) is 47.4 Å². The van der Waals surface area contributed by atoms with Gasteiger partial charge in [-0.05, 0) is 54.1 Å². The van der Waals surface area contributed by atoms with Crippen molar-refractivity contribution >= 4 is 64.0 Å². The summed E-state index contributed by atoms with van der Waals surface area (Å²) in [6.45, 7) is 1.66. The molecule has 166 valence electrons. The first-order valence-electron chi connectivity index (χ1n) is 9.57. The molecular formula is C22H19Cl2N3O4S. The van der Waals surface area contributed by atoms with Gasteiger partial charge in [0.25, 0.3) is 17.1 Å². The number of nitrogens with one attached hydrogen (secondary N) is 2. The molecule has 32 heavy (non-hydrogen) atoms. The maximum absolute atomic E-state index is 12.6. The normalized spacial score (nSPS) is 14.7. The third kappa shape index (κ3) is 5.91. The molecule has 2 N–H and O–H groups in total. The first-order valence-corrected chi connectivity index (χ1v) is 11.1. The van der Waals surface area contributed by atoms with Crippen LogP contribution in [0.2, 0.25) is 10.0 Å². The molecule has 1 fully saturated rings. The Morgan fingerprint density at radius 2 is 1.84 bits per heavy atom. The van der Waals surface area contributed by atoms with Gasteiger partial charge >= 0.3 is 0 Å². The summed E-state index contributed by atoms with van der Waals surface area (Å²) in [6.07, 6.45) is 1.53. The zero-order valence-corrected chi connectivity index (χ0v) is 19.3.